The van der Waals surface area contributed by atoms with Gasteiger partial charge in [-0.3, -0.25) is 0 Å². The molecule has 0 amide bonds. The van der Waals surface area contributed by atoms with Gasteiger partial charge in [-0.1, -0.05) is 6.42 Å². The summed E-state index contributed by atoms with van der Waals surface area (Å²) in [4.78, 5) is 8.46. The highest BCUT2D eigenvalue weighted by Gasteiger charge is 2.09. The molecule has 4 nitrogen and oxygen atoms in total. The lowest BCUT2D eigenvalue weighted by molar-refractivity contribution is 0.232. The molecule has 1 aromatic rings. The molecule has 2 heterocycles. The summed E-state index contributed by atoms with van der Waals surface area (Å²) in [6, 6.07) is 4.20. The number of likely N-dealkylation sites (tertiary alicyclic amines) is 1. The Morgan fingerprint density at radius 3 is 2.68 bits per heavy atom. The second-order valence-corrected chi connectivity index (χ2v) is 7.78. The standard InChI is InChI=1S/C15H25BrN4S.HI/c1-2-17-15(19-12-13-6-7-14(16)21-13)18-8-11-20-9-4-3-5-10-20;/h6-7H,2-5,8-12H2,1H3,(H2,17,18,19);1H. The number of piperidine rings is 1. The van der Waals surface area contributed by atoms with Crippen LogP contribution in [0.1, 0.15) is 31.1 Å². The molecule has 1 aliphatic heterocycles. The molecular formula is C15H26BrIN4S. The Balaban J connectivity index is 0.00000242. The summed E-state index contributed by atoms with van der Waals surface area (Å²) in [6.07, 6.45) is 4.09. The molecule has 0 atom stereocenters. The molecule has 0 unspecified atom stereocenters. The summed E-state index contributed by atoms with van der Waals surface area (Å²) < 4.78 is 1.16. The molecule has 1 aromatic heterocycles. The number of guanidine groups is 1. The lowest BCUT2D eigenvalue weighted by Crippen LogP contribution is -2.42. The highest BCUT2D eigenvalue weighted by atomic mass is 127. The Labute approximate surface area is 163 Å². The van der Waals surface area contributed by atoms with Gasteiger partial charge in [0, 0.05) is 24.5 Å². The van der Waals surface area contributed by atoms with Crippen molar-refractivity contribution < 1.29 is 0 Å². The fourth-order valence-corrected chi connectivity index (χ4v) is 3.86. The average molecular weight is 501 g/mol. The van der Waals surface area contributed by atoms with Gasteiger partial charge in [0.15, 0.2) is 5.96 Å². The van der Waals surface area contributed by atoms with E-state index in [4.69, 9.17) is 0 Å². The fourth-order valence-electron chi connectivity index (χ4n) is 2.45. The van der Waals surface area contributed by atoms with Gasteiger partial charge in [0.1, 0.15) is 0 Å². The van der Waals surface area contributed by atoms with Crippen LogP contribution in [0.5, 0.6) is 0 Å². The Hall–Kier alpha value is 0.140. The summed E-state index contributed by atoms with van der Waals surface area (Å²) in [7, 11) is 0. The number of halogens is 2. The summed E-state index contributed by atoms with van der Waals surface area (Å²) >= 11 is 5.23. The second-order valence-electron chi connectivity index (χ2n) is 5.23. The van der Waals surface area contributed by atoms with Gasteiger partial charge in [0.25, 0.3) is 0 Å². The molecular weight excluding hydrogens is 475 g/mol. The summed E-state index contributed by atoms with van der Waals surface area (Å²) in [5.41, 5.74) is 0. The first-order chi connectivity index (χ1) is 10.3. The third kappa shape index (κ3) is 7.61. The Kier molecular flexibility index (Phi) is 10.7. The molecule has 0 spiro atoms. The Morgan fingerprint density at radius 1 is 1.27 bits per heavy atom. The first kappa shape index (κ1) is 20.2. The number of hydrogen-bond donors (Lipinski definition) is 2. The van der Waals surface area contributed by atoms with Crippen molar-refractivity contribution in [1.29, 1.82) is 0 Å². The molecule has 0 saturated carbocycles. The van der Waals surface area contributed by atoms with Crippen molar-refractivity contribution in [2.45, 2.75) is 32.7 Å². The zero-order valence-corrected chi connectivity index (χ0v) is 17.8. The van der Waals surface area contributed by atoms with Crippen LogP contribution < -0.4 is 10.6 Å². The minimum absolute atomic E-state index is 0. The number of aliphatic imine (C=N–C) groups is 1. The van der Waals surface area contributed by atoms with E-state index in [-0.39, 0.29) is 24.0 Å². The highest BCUT2D eigenvalue weighted by molar-refractivity contribution is 14.0. The van der Waals surface area contributed by atoms with Crippen LogP contribution in [0.4, 0.5) is 0 Å². The van der Waals surface area contributed by atoms with Gasteiger partial charge in [-0.05, 0) is 60.9 Å². The van der Waals surface area contributed by atoms with Crippen LogP contribution in [0.3, 0.4) is 0 Å². The van der Waals surface area contributed by atoms with Crippen LogP contribution in [-0.4, -0.2) is 43.6 Å². The second kappa shape index (κ2) is 11.6. The van der Waals surface area contributed by atoms with Crippen LogP contribution in [0.15, 0.2) is 20.9 Å². The van der Waals surface area contributed by atoms with Crippen molar-refractivity contribution in [1.82, 2.24) is 15.5 Å². The predicted molar refractivity (Wildman–Crippen MR) is 111 cm³/mol. The number of nitrogens with zero attached hydrogens (tertiary/aromatic N) is 2. The van der Waals surface area contributed by atoms with E-state index in [0.29, 0.717) is 0 Å². The van der Waals surface area contributed by atoms with Gasteiger partial charge in [0.05, 0.1) is 10.3 Å². The third-order valence-electron chi connectivity index (χ3n) is 3.54. The lowest BCUT2D eigenvalue weighted by atomic mass is 10.1. The molecule has 126 valence electrons. The van der Waals surface area contributed by atoms with Crippen molar-refractivity contribution >= 4 is 57.2 Å². The first-order valence-electron chi connectivity index (χ1n) is 7.76. The normalized spacial score (nSPS) is 16.2. The molecule has 1 fully saturated rings. The average Bonchev–Trinajstić information content (AvgIpc) is 2.91. The monoisotopic (exact) mass is 500 g/mol. The van der Waals surface area contributed by atoms with E-state index in [1.807, 2.05) is 0 Å². The van der Waals surface area contributed by atoms with Gasteiger partial charge >= 0.3 is 0 Å². The molecule has 22 heavy (non-hydrogen) atoms. The molecule has 0 bridgehead atoms. The van der Waals surface area contributed by atoms with Gasteiger partial charge < -0.3 is 15.5 Å². The number of rotatable bonds is 6. The van der Waals surface area contributed by atoms with Crippen molar-refractivity contribution in [2.75, 3.05) is 32.7 Å². The number of nitrogens with one attached hydrogen (secondary N) is 2. The lowest BCUT2D eigenvalue weighted by Gasteiger charge is -2.26. The molecule has 7 heteroatoms. The maximum absolute atomic E-state index is 4.65. The van der Waals surface area contributed by atoms with E-state index in [2.05, 4.69) is 55.5 Å². The highest BCUT2D eigenvalue weighted by Crippen LogP contribution is 2.22. The van der Waals surface area contributed by atoms with Crippen LogP contribution in [0.2, 0.25) is 0 Å². The predicted octanol–water partition coefficient (Wildman–Crippen LogP) is 3.67. The SMILES string of the molecule is CCNC(=NCc1ccc(Br)s1)NCCN1CCCCC1.I. The molecule has 0 aliphatic carbocycles. The van der Waals surface area contributed by atoms with Gasteiger partial charge in [0.2, 0.25) is 0 Å². The van der Waals surface area contributed by atoms with Gasteiger partial charge in [-0.25, -0.2) is 4.99 Å². The van der Waals surface area contributed by atoms with E-state index < -0.39 is 0 Å². The topological polar surface area (TPSA) is 39.7 Å². The summed E-state index contributed by atoms with van der Waals surface area (Å²) in [6.45, 7) is 8.29. The van der Waals surface area contributed by atoms with Crippen molar-refractivity contribution in [3.63, 3.8) is 0 Å². The van der Waals surface area contributed by atoms with E-state index in [9.17, 15) is 0 Å². The molecule has 0 radical (unpaired) electrons. The minimum Gasteiger partial charge on any atom is -0.357 e. The number of hydrogen-bond acceptors (Lipinski definition) is 3. The Bertz CT molecular complexity index is 447. The van der Waals surface area contributed by atoms with E-state index >= 15 is 0 Å². The summed E-state index contributed by atoms with van der Waals surface area (Å²) in [5, 5.41) is 6.75. The molecule has 0 aromatic carbocycles. The van der Waals surface area contributed by atoms with Gasteiger partial charge in [-0.15, -0.1) is 35.3 Å². The van der Waals surface area contributed by atoms with E-state index in [0.717, 1.165) is 35.9 Å². The quantitative estimate of drug-likeness (QED) is 0.355. The maximum atomic E-state index is 4.65. The zero-order chi connectivity index (χ0) is 14.9. The number of thiophene rings is 1. The summed E-state index contributed by atoms with van der Waals surface area (Å²) in [5.74, 6) is 0.916. The van der Waals surface area contributed by atoms with Crippen LogP contribution in [-0.2, 0) is 6.54 Å². The minimum atomic E-state index is 0. The van der Waals surface area contributed by atoms with Crippen molar-refractivity contribution in [3.05, 3.63) is 20.8 Å². The fraction of sp³-hybridized carbons (Fsp3) is 0.667. The van der Waals surface area contributed by atoms with Crippen molar-refractivity contribution in [3.8, 4) is 0 Å². The zero-order valence-electron chi connectivity index (χ0n) is 13.1. The molecule has 1 aliphatic rings. The van der Waals surface area contributed by atoms with E-state index in [1.54, 1.807) is 11.3 Å². The third-order valence-corrected chi connectivity index (χ3v) is 5.14. The van der Waals surface area contributed by atoms with Crippen LogP contribution in [0.25, 0.3) is 0 Å². The Morgan fingerprint density at radius 2 is 2.05 bits per heavy atom. The smallest absolute Gasteiger partial charge is 0.191 e. The largest absolute Gasteiger partial charge is 0.357 e. The van der Waals surface area contributed by atoms with E-state index in [1.165, 1.54) is 37.2 Å². The van der Waals surface area contributed by atoms with Crippen LogP contribution in [0, 0.1) is 0 Å². The molecule has 2 N–H and O–H groups in total. The molecule has 2 rings (SSSR count). The van der Waals surface area contributed by atoms with Crippen LogP contribution >= 0.6 is 51.2 Å². The van der Waals surface area contributed by atoms with Crippen molar-refractivity contribution in [2.24, 2.45) is 4.99 Å². The molecule has 1 saturated heterocycles. The first-order valence-corrected chi connectivity index (χ1v) is 9.37. The maximum Gasteiger partial charge on any atom is 0.191 e. The van der Waals surface area contributed by atoms with Gasteiger partial charge in [-0.2, -0.15) is 0 Å².